The fraction of sp³-hybridized carbons (Fsp3) is 0.417. The van der Waals surface area contributed by atoms with Crippen LogP contribution in [0, 0.1) is 0 Å². The maximum Gasteiger partial charge on any atom is 0.337 e. The summed E-state index contributed by atoms with van der Waals surface area (Å²) in [6.45, 7) is 0.862. The third-order valence-corrected chi connectivity index (χ3v) is 2.95. The Morgan fingerprint density at radius 2 is 2.12 bits per heavy atom. The van der Waals surface area contributed by atoms with E-state index in [1.54, 1.807) is 24.1 Å². The lowest BCUT2D eigenvalue weighted by atomic mass is 10.0. The van der Waals surface area contributed by atoms with E-state index in [2.05, 4.69) is 9.46 Å². The number of hydrogen-bond donors (Lipinski definition) is 2. The molecule has 0 saturated heterocycles. The van der Waals surface area contributed by atoms with Gasteiger partial charge in [-0.3, -0.25) is 4.72 Å². The van der Waals surface area contributed by atoms with E-state index in [4.69, 9.17) is 5.73 Å². The summed E-state index contributed by atoms with van der Waals surface area (Å²) >= 11 is 1.58. The molecule has 17 heavy (non-hydrogen) atoms. The molecule has 0 fully saturated rings. The van der Waals surface area contributed by atoms with Crippen LogP contribution in [0.5, 0.6) is 0 Å². The molecule has 4 nitrogen and oxygen atoms in total. The number of carbonyl (C=O) groups is 1. The molecule has 0 aliphatic heterocycles. The summed E-state index contributed by atoms with van der Waals surface area (Å²) in [7, 11) is 1.37. The average Bonchev–Trinajstić information content (AvgIpc) is 2.38. The van der Waals surface area contributed by atoms with E-state index in [9.17, 15) is 4.79 Å². The van der Waals surface area contributed by atoms with Crippen molar-refractivity contribution >= 4 is 17.9 Å². The van der Waals surface area contributed by atoms with Crippen molar-refractivity contribution in [1.29, 1.82) is 0 Å². The summed E-state index contributed by atoms with van der Waals surface area (Å²) in [5.41, 5.74) is 7.60. The zero-order valence-electron chi connectivity index (χ0n) is 10.1. The minimum Gasteiger partial charge on any atom is -0.465 e. The molecule has 0 heterocycles. The molecule has 3 N–H and O–H groups in total. The topological polar surface area (TPSA) is 64.3 Å². The molecule has 1 aromatic carbocycles. The van der Waals surface area contributed by atoms with Gasteiger partial charge in [-0.1, -0.05) is 24.1 Å². The standard InChI is InChI=1S/C12H18N2O2S/c1-16-12(15)10-5-3-9(4-6-10)11(13)7-8-14-17-2/h3-6,11,14H,7-8,13H2,1-2H3. The van der Waals surface area contributed by atoms with Crippen LogP contribution in [0.4, 0.5) is 0 Å². The molecule has 1 unspecified atom stereocenters. The maximum absolute atomic E-state index is 11.2. The number of benzene rings is 1. The zero-order valence-corrected chi connectivity index (χ0v) is 10.9. The van der Waals surface area contributed by atoms with Crippen molar-refractivity contribution in [2.75, 3.05) is 19.9 Å². The molecule has 0 spiro atoms. The van der Waals surface area contributed by atoms with Crippen LogP contribution in [0.2, 0.25) is 0 Å². The first-order valence-corrected chi connectivity index (χ1v) is 6.61. The van der Waals surface area contributed by atoms with E-state index in [1.807, 2.05) is 18.4 Å². The summed E-state index contributed by atoms with van der Waals surface area (Å²) in [6.07, 6.45) is 2.84. The monoisotopic (exact) mass is 254 g/mol. The average molecular weight is 254 g/mol. The van der Waals surface area contributed by atoms with Crippen molar-refractivity contribution in [2.45, 2.75) is 12.5 Å². The van der Waals surface area contributed by atoms with Crippen LogP contribution in [0.1, 0.15) is 28.4 Å². The molecule has 1 atom stereocenters. The molecule has 5 heteroatoms. The highest BCUT2D eigenvalue weighted by molar-refractivity contribution is 7.96. The Kier molecular flexibility index (Phi) is 6.04. The van der Waals surface area contributed by atoms with Crippen LogP contribution in [-0.4, -0.2) is 25.9 Å². The number of nitrogens with one attached hydrogen (secondary N) is 1. The zero-order chi connectivity index (χ0) is 12.7. The second-order valence-electron chi connectivity index (χ2n) is 3.61. The second kappa shape index (κ2) is 7.32. The summed E-state index contributed by atoms with van der Waals surface area (Å²) in [5, 5.41) is 0. The molecular weight excluding hydrogens is 236 g/mol. The van der Waals surface area contributed by atoms with Gasteiger partial charge >= 0.3 is 5.97 Å². The number of rotatable bonds is 6. The Morgan fingerprint density at radius 3 is 2.65 bits per heavy atom. The van der Waals surface area contributed by atoms with Crippen LogP contribution in [0.3, 0.4) is 0 Å². The van der Waals surface area contributed by atoms with Crippen LogP contribution in [0.15, 0.2) is 24.3 Å². The van der Waals surface area contributed by atoms with Crippen LogP contribution in [0.25, 0.3) is 0 Å². The molecular formula is C12H18N2O2S. The first kappa shape index (κ1) is 14.0. The normalized spacial score (nSPS) is 12.2. The molecule has 0 aliphatic carbocycles. The number of carbonyl (C=O) groups excluding carboxylic acids is 1. The van der Waals surface area contributed by atoms with Gasteiger partial charge in [0, 0.05) is 12.6 Å². The van der Waals surface area contributed by atoms with Crippen molar-refractivity contribution in [3.8, 4) is 0 Å². The molecule has 0 saturated carbocycles. The largest absolute Gasteiger partial charge is 0.465 e. The van der Waals surface area contributed by atoms with Gasteiger partial charge < -0.3 is 10.5 Å². The number of ether oxygens (including phenoxy) is 1. The maximum atomic E-state index is 11.2. The Bertz CT molecular complexity index is 354. The molecule has 0 aromatic heterocycles. The lowest BCUT2D eigenvalue weighted by Crippen LogP contribution is -2.16. The van der Waals surface area contributed by atoms with E-state index in [1.165, 1.54) is 7.11 Å². The molecule has 94 valence electrons. The molecule has 1 rings (SSSR count). The van der Waals surface area contributed by atoms with Gasteiger partial charge in [0.05, 0.1) is 12.7 Å². The van der Waals surface area contributed by atoms with Gasteiger partial charge in [0.1, 0.15) is 0 Å². The summed E-state index contributed by atoms with van der Waals surface area (Å²) in [6, 6.07) is 7.21. The molecule has 1 aromatic rings. The Morgan fingerprint density at radius 1 is 1.47 bits per heavy atom. The lowest BCUT2D eigenvalue weighted by Gasteiger charge is -2.12. The minimum absolute atomic E-state index is 0.0126. The van der Waals surface area contributed by atoms with E-state index >= 15 is 0 Å². The number of nitrogens with two attached hydrogens (primary N) is 1. The third-order valence-electron chi connectivity index (χ3n) is 2.46. The summed E-state index contributed by atoms with van der Waals surface area (Å²) in [5.74, 6) is -0.325. The molecule has 0 radical (unpaired) electrons. The van der Waals surface area contributed by atoms with Gasteiger partial charge in [-0.25, -0.2) is 4.79 Å². The van der Waals surface area contributed by atoms with Crippen molar-refractivity contribution in [2.24, 2.45) is 5.73 Å². The fourth-order valence-electron chi connectivity index (χ4n) is 1.47. The van der Waals surface area contributed by atoms with Crippen LogP contribution in [-0.2, 0) is 4.74 Å². The third kappa shape index (κ3) is 4.38. The van der Waals surface area contributed by atoms with Gasteiger partial charge in [0.2, 0.25) is 0 Å². The first-order chi connectivity index (χ1) is 8.19. The quantitative estimate of drug-likeness (QED) is 0.460. The van der Waals surface area contributed by atoms with Crippen molar-refractivity contribution in [3.05, 3.63) is 35.4 Å². The highest BCUT2D eigenvalue weighted by Crippen LogP contribution is 2.15. The number of hydrogen-bond acceptors (Lipinski definition) is 5. The Labute approximate surface area is 106 Å². The second-order valence-corrected chi connectivity index (χ2v) is 4.30. The van der Waals surface area contributed by atoms with Crippen molar-refractivity contribution in [3.63, 3.8) is 0 Å². The molecule has 0 amide bonds. The highest BCUT2D eigenvalue weighted by atomic mass is 32.2. The van der Waals surface area contributed by atoms with Gasteiger partial charge in [0.15, 0.2) is 0 Å². The van der Waals surface area contributed by atoms with Crippen molar-refractivity contribution < 1.29 is 9.53 Å². The predicted molar refractivity (Wildman–Crippen MR) is 70.8 cm³/mol. The Balaban J connectivity index is 2.57. The SMILES string of the molecule is COC(=O)c1ccc(C(N)CCNSC)cc1. The van der Waals surface area contributed by atoms with Gasteiger partial charge in [-0.15, -0.1) is 0 Å². The van der Waals surface area contributed by atoms with Gasteiger partial charge in [-0.2, -0.15) is 0 Å². The smallest absolute Gasteiger partial charge is 0.337 e. The Hall–Kier alpha value is -1.04. The van der Waals surface area contributed by atoms with E-state index < -0.39 is 0 Å². The van der Waals surface area contributed by atoms with E-state index in [-0.39, 0.29) is 12.0 Å². The van der Waals surface area contributed by atoms with E-state index in [0.29, 0.717) is 5.56 Å². The lowest BCUT2D eigenvalue weighted by molar-refractivity contribution is 0.0600. The minimum atomic E-state index is -0.325. The predicted octanol–water partition coefficient (Wildman–Crippen LogP) is 1.73. The van der Waals surface area contributed by atoms with Crippen molar-refractivity contribution in [1.82, 2.24) is 4.72 Å². The molecule has 0 bridgehead atoms. The van der Waals surface area contributed by atoms with Gasteiger partial charge in [0.25, 0.3) is 0 Å². The van der Waals surface area contributed by atoms with Gasteiger partial charge in [-0.05, 0) is 30.4 Å². The summed E-state index contributed by atoms with van der Waals surface area (Å²) < 4.78 is 7.78. The molecule has 0 aliphatic rings. The number of methoxy groups -OCH3 is 1. The van der Waals surface area contributed by atoms with E-state index in [0.717, 1.165) is 18.5 Å². The first-order valence-electron chi connectivity index (χ1n) is 5.38. The highest BCUT2D eigenvalue weighted by Gasteiger charge is 2.08. The number of esters is 1. The van der Waals surface area contributed by atoms with Crippen LogP contribution < -0.4 is 10.5 Å². The fourth-order valence-corrected chi connectivity index (χ4v) is 1.79. The summed E-state index contributed by atoms with van der Waals surface area (Å²) in [4.78, 5) is 11.2. The van der Waals surface area contributed by atoms with Crippen LogP contribution >= 0.6 is 11.9 Å².